The Bertz CT molecular complexity index is 871. The molecule has 1 spiro atoms. The first-order valence-electron chi connectivity index (χ1n) is 9.91. The van der Waals surface area contributed by atoms with Crippen LogP contribution in [0.3, 0.4) is 0 Å². The molecule has 3 aliphatic heterocycles. The molecule has 2 N–H and O–H groups in total. The van der Waals surface area contributed by atoms with Gasteiger partial charge in [-0.1, -0.05) is 25.1 Å². The third kappa shape index (κ3) is 1.67. The number of quaternary nitrogens is 1. The lowest BCUT2D eigenvalue weighted by Crippen LogP contribution is -2.63. The van der Waals surface area contributed by atoms with E-state index in [1.54, 1.807) is 6.07 Å². The molecule has 1 aromatic rings. The van der Waals surface area contributed by atoms with Crippen LogP contribution in [0.15, 0.2) is 41.1 Å². The van der Waals surface area contributed by atoms with Crippen LogP contribution in [0.5, 0.6) is 5.75 Å². The average molecular weight is 351 g/mol. The van der Waals surface area contributed by atoms with Crippen molar-refractivity contribution < 1.29 is 14.4 Å². The largest absolute Gasteiger partial charge is 0.506 e. The number of hydrogen-bond donors (Lipinski definition) is 2. The van der Waals surface area contributed by atoms with Crippen LogP contribution in [0.4, 0.5) is 5.69 Å². The normalized spacial score (nSPS) is 38.2. The second-order valence-electron chi connectivity index (χ2n) is 8.49. The summed E-state index contributed by atoms with van der Waals surface area (Å²) < 4.78 is 1.14. The lowest BCUT2D eigenvalue weighted by molar-refractivity contribution is -0.941. The van der Waals surface area contributed by atoms with E-state index in [2.05, 4.69) is 31.3 Å². The van der Waals surface area contributed by atoms with Crippen molar-refractivity contribution in [1.82, 2.24) is 0 Å². The van der Waals surface area contributed by atoms with Crippen molar-refractivity contribution in [2.45, 2.75) is 44.6 Å². The third-order valence-corrected chi connectivity index (χ3v) is 7.64. The standard InChI is InChI=1S/C22H26N2O2/c1-3-9-24-10-8-22-17-6-5-7-18(26)20(17)23-21(22)16(13-25)15(11-19(22)24)14(4-2)12-24/h4-7,13,15,19H,3,8-12H2,1-2H3,(H-,23,25,26)/p+1/b14-4-/t15-,19-,22-,24-/m0/s1. The Labute approximate surface area is 154 Å². The summed E-state index contributed by atoms with van der Waals surface area (Å²) in [6.45, 7) is 7.80. The Morgan fingerprint density at radius 2 is 2.27 bits per heavy atom. The van der Waals surface area contributed by atoms with Gasteiger partial charge < -0.3 is 14.9 Å². The van der Waals surface area contributed by atoms with Crippen molar-refractivity contribution in [3.63, 3.8) is 0 Å². The number of aldehydes is 1. The average Bonchev–Trinajstić information content (AvgIpc) is 3.17. The molecular formula is C22H27N2O2+. The summed E-state index contributed by atoms with van der Waals surface area (Å²) in [5, 5.41) is 14.0. The number of phenols is 1. The van der Waals surface area contributed by atoms with Gasteiger partial charge in [-0.2, -0.15) is 0 Å². The number of carbonyl (C=O) groups excluding carboxylic acids is 1. The molecule has 4 heteroatoms. The molecule has 0 amide bonds. The number of phenolic OH excluding ortho intramolecular Hbond substituents is 1. The molecule has 3 heterocycles. The second kappa shape index (κ2) is 5.23. The number of allylic oxidation sites excluding steroid dienone is 2. The number of nitrogens with zero attached hydrogens (tertiary/aromatic N) is 1. The highest BCUT2D eigenvalue weighted by Crippen LogP contribution is 2.64. The van der Waals surface area contributed by atoms with Gasteiger partial charge in [0.15, 0.2) is 0 Å². The number of fused-ring (bicyclic) bond motifs is 2. The van der Waals surface area contributed by atoms with Crippen LogP contribution >= 0.6 is 0 Å². The maximum absolute atomic E-state index is 12.2. The van der Waals surface area contributed by atoms with Gasteiger partial charge in [-0.15, -0.1) is 0 Å². The number of carbonyl (C=O) groups is 1. The molecule has 1 aliphatic carbocycles. The van der Waals surface area contributed by atoms with Crippen LogP contribution in [0.2, 0.25) is 0 Å². The van der Waals surface area contributed by atoms with Gasteiger partial charge in [0.2, 0.25) is 0 Å². The molecule has 4 atom stereocenters. The van der Waals surface area contributed by atoms with Gasteiger partial charge >= 0.3 is 0 Å². The summed E-state index contributed by atoms with van der Waals surface area (Å²) in [5.74, 6) is 0.529. The fraction of sp³-hybridized carbons (Fsp3) is 0.500. The fourth-order valence-corrected chi connectivity index (χ4v) is 6.73. The number of piperidine rings is 1. The van der Waals surface area contributed by atoms with E-state index in [4.69, 9.17) is 0 Å². The SMILES string of the molecule is C/C=C1/C[N@+]2(CCC)CC[C@@]34C(=C(C=O)[C@H]1C[C@@H]32)Nc1c(O)cccc14. The van der Waals surface area contributed by atoms with E-state index < -0.39 is 0 Å². The van der Waals surface area contributed by atoms with Crippen molar-refractivity contribution >= 4 is 12.0 Å². The molecular weight excluding hydrogens is 324 g/mol. The maximum Gasteiger partial charge on any atom is 0.148 e. The van der Waals surface area contributed by atoms with Gasteiger partial charge in [-0.25, -0.2) is 0 Å². The molecule has 1 aromatic carbocycles. The second-order valence-corrected chi connectivity index (χ2v) is 8.49. The highest BCUT2D eigenvalue weighted by molar-refractivity contribution is 5.85. The van der Waals surface area contributed by atoms with Gasteiger partial charge in [0.25, 0.3) is 0 Å². The molecule has 0 radical (unpaired) electrons. The lowest BCUT2D eigenvalue weighted by Gasteiger charge is -2.53. The first-order valence-corrected chi connectivity index (χ1v) is 9.91. The smallest absolute Gasteiger partial charge is 0.148 e. The Morgan fingerprint density at radius 3 is 3.00 bits per heavy atom. The van der Waals surface area contributed by atoms with E-state index in [1.165, 1.54) is 24.1 Å². The van der Waals surface area contributed by atoms with Gasteiger partial charge in [0.05, 0.1) is 24.2 Å². The topological polar surface area (TPSA) is 49.3 Å². The molecule has 0 unspecified atom stereocenters. The number of para-hydroxylation sites is 1. The zero-order valence-electron chi connectivity index (χ0n) is 15.6. The van der Waals surface area contributed by atoms with Crippen LogP contribution in [-0.4, -0.2) is 41.6 Å². The number of hydrogen-bond acceptors (Lipinski definition) is 3. The van der Waals surface area contributed by atoms with Crippen LogP contribution in [0, 0.1) is 5.92 Å². The summed E-state index contributed by atoms with van der Waals surface area (Å²) in [4.78, 5) is 12.2. The molecule has 4 nitrogen and oxygen atoms in total. The molecule has 5 rings (SSSR count). The van der Waals surface area contributed by atoms with Crippen molar-refractivity contribution in [3.8, 4) is 5.75 Å². The fourth-order valence-electron chi connectivity index (χ4n) is 6.73. The number of rotatable bonds is 3. The van der Waals surface area contributed by atoms with Crippen LogP contribution in [-0.2, 0) is 10.2 Å². The summed E-state index contributed by atoms with van der Waals surface area (Å²) >= 11 is 0. The number of aromatic hydroxyl groups is 1. The lowest BCUT2D eigenvalue weighted by atomic mass is 9.61. The quantitative estimate of drug-likeness (QED) is 0.379. The number of anilines is 1. The molecule has 4 aliphatic rings. The van der Waals surface area contributed by atoms with Gasteiger partial charge in [-0.3, -0.25) is 4.79 Å². The molecule has 2 bridgehead atoms. The van der Waals surface area contributed by atoms with E-state index in [9.17, 15) is 9.90 Å². The molecule has 26 heavy (non-hydrogen) atoms. The van der Waals surface area contributed by atoms with Gasteiger partial charge in [0.1, 0.15) is 24.6 Å². The maximum atomic E-state index is 12.2. The van der Waals surface area contributed by atoms with E-state index >= 15 is 0 Å². The van der Waals surface area contributed by atoms with E-state index in [1.807, 2.05) is 6.07 Å². The van der Waals surface area contributed by atoms with E-state index in [-0.39, 0.29) is 11.3 Å². The van der Waals surface area contributed by atoms with Crippen molar-refractivity contribution in [2.75, 3.05) is 25.0 Å². The van der Waals surface area contributed by atoms with E-state index in [0.717, 1.165) is 53.7 Å². The van der Waals surface area contributed by atoms with Crippen LogP contribution in [0.25, 0.3) is 0 Å². The Hall–Kier alpha value is -2.07. The number of nitrogens with one attached hydrogen (secondary N) is 1. The highest BCUT2D eigenvalue weighted by atomic mass is 16.3. The first-order chi connectivity index (χ1) is 12.6. The molecule has 0 saturated carbocycles. The minimum absolute atomic E-state index is 0.130. The number of benzene rings is 1. The molecule has 2 fully saturated rings. The summed E-state index contributed by atoms with van der Waals surface area (Å²) in [7, 11) is 0. The molecule has 0 aromatic heterocycles. The summed E-state index contributed by atoms with van der Waals surface area (Å²) in [6.07, 6.45) is 6.60. The Morgan fingerprint density at radius 1 is 1.42 bits per heavy atom. The van der Waals surface area contributed by atoms with Crippen LogP contribution in [0.1, 0.15) is 38.7 Å². The Kier molecular flexibility index (Phi) is 3.24. The molecule has 136 valence electrons. The van der Waals surface area contributed by atoms with Crippen molar-refractivity contribution in [1.29, 1.82) is 0 Å². The van der Waals surface area contributed by atoms with Gasteiger partial charge in [0, 0.05) is 30.0 Å². The minimum atomic E-state index is -0.130. The van der Waals surface area contributed by atoms with E-state index in [0.29, 0.717) is 11.8 Å². The van der Waals surface area contributed by atoms with Crippen molar-refractivity contribution in [2.24, 2.45) is 5.92 Å². The zero-order chi connectivity index (χ0) is 18.1. The summed E-state index contributed by atoms with van der Waals surface area (Å²) in [5.41, 5.74) is 5.32. The highest BCUT2D eigenvalue weighted by Gasteiger charge is 2.68. The minimum Gasteiger partial charge on any atom is -0.506 e. The van der Waals surface area contributed by atoms with Gasteiger partial charge in [-0.05, 0) is 30.5 Å². The Balaban J connectivity index is 1.82. The predicted octanol–water partition coefficient (Wildman–Crippen LogP) is 3.49. The van der Waals surface area contributed by atoms with Crippen molar-refractivity contribution in [3.05, 3.63) is 46.7 Å². The monoisotopic (exact) mass is 351 g/mol. The zero-order valence-corrected chi connectivity index (χ0v) is 15.6. The third-order valence-electron chi connectivity index (χ3n) is 7.64. The first kappa shape index (κ1) is 16.1. The predicted molar refractivity (Wildman–Crippen MR) is 102 cm³/mol. The molecule has 2 saturated heterocycles. The van der Waals surface area contributed by atoms with Crippen LogP contribution < -0.4 is 5.32 Å². The summed E-state index contributed by atoms with van der Waals surface area (Å²) in [6, 6.07) is 6.35.